The van der Waals surface area contributed by atoms with E-state index in [2.05, 4.69) is 35.9 Å². The second kappa shape index (κ2) is 5.36. The number of hydrogen-bond donors (Lipinski definition) is 0. The highest BCUT2D eigenvalue weighted by Crippen LogP contribution is 2.31. The third-order valence-electron chi connectivity index (χ3n) is 2.79. The van der Waals surface area contributed by atoms with Crippen molar-refractivity contribution in [2.24, 2.45) is 0 Å². The van der Waals surface area contributed by atoms with Crippen LogP contribution in [0.1, 0.15) is 25.3 Å². The number of nitrogens with zero attached hydrogens (tertiary/aromatic N) is 2. The highest BCUT2D eigenvalue weighted by atomic mass is 35.5. The molecule has 94 valence electrons. The fourth-order valence-electron chi connectivity index (χ4n) is 1.77. The Kier molecular flexibility index (Phi) is 3.82. The summed E-state index contributed by atoms with van der Waals surface area (Å²) in [6, 6.07) is 7.94. The van der Waals surface area contributed by atoms with Crippen molar-refractivity contribution in [2.75, 3.05) is 7.11 Å². The summed E-state index contributed by atoms with van der Waals surface area (Å²) in [4.78, 5) is 8.12. The minimum absolute atomic E-state index is 0.240. The Bertz CT molecular complexity index is 555. The topological polar surface area (TPSA) is 35.0 Å². The Labute approximate surface area is 112 Å². The van der Waals surface area contributed by atoms with Gasteiger partial charge >= 0.3 is 0 Å². The zero-order valence-corrected chi connectivity index (χ0v) is 11.4. The first kappa shape index (κ1) is 12.8. The van der Waals surface area contributed by atoms with Crippen molar-refractivity contribution in [3.05, 3.63) is 41.3 Å². The SMILES string of the molecule is COc1ccc(C(C)C)cc1-c1ccnc(Cl)n1. The Morgan fingerprint density at radius 3 is 2.61 bits per heavy atom. The average molecular weight is 263 g/mol. The number of benzene rings is 1. The normalized spacial score (nSPS) is 10.7. The minimum atomic E-state index is 0.240. The van der Waals surface area contributed by atoms with Crippen molar-refractivity contribution in [3.8, 4) is 17.0 Å². The second-order valence-corrected chi connectivity index (χ2v) is 4.66. The van der Waals surface area contributed by atoms with Gasteiger partial charge in [0, 0.05) is 11.8 Å². The number of ether oxygens (including phenoxy) is 1. The third kappa shape index (κ3) is 2.62. The molecule has 18 heavy (non-hydrogen) atoms. The summed E-state index contributed by atoms with van der Waals surface area (Å²) in [6.07, 6.45) is 1.64. The lowest BCUT2D eigenvalue weighted by Crippen LogP contribution is -1.95. The van der Waals surface area contributed by atoms with Gasteiger partial charge in [0.25, 0.3) is 0 Å². The Morgan fingerprint density at radius 2 is 2.00 bits per heavy atom. The molecule has 3 nitrogen and oxygen atoms in total. The van der Waals surface area contributed by atoms with Gasteiger partial charge in [0.15, 0.2) is 0 Å². The lowest BCUT2D eigenvalue weighted by molar-refractivity contribution is 0.416. The molecular formula is C14H15ClN2O. The number of methoxy groups -OCH3 is 1. The van der Waals surface area contributed by atoms with Gasteiger partial charge in [-0.2, -0.15) is 0 Å². The first-order valence-corrected chi connectivity index (χ1v) is 6.16. The molecule has 0 aliphatic heterocycles. The van der Waals surface area contributed by atoms with Crippen molar-refractivity contribution in [2.45, 2.75) is 19.8 Å². The number of rotatable bonds is 3. The summed E-state index contributed by atoms with van der Waals surface area (Å²) in [5, 5.41) is 0.240. The van der Waals surface area contributed by atoms with Gasteiger partial charge in [-0.05, 0) is 41.3 Å². The zero-order valence-electron chi connectivity index (χ0n) is 10.6. The van der Waals surface area contributed by atoms with E-state index in [0.717, 1.165) is 17.0 Å². The van der Waals surface area contributed by atoms with Gasteiger partial charge in [-0.1, -0.05) is 19.9 Å². The summed E-state index contributed by atoms with van der Waals surface area (Å²) in [7, 11) is 1.65. The molecule has 1 heterocycles. The van der Waals surface area contributed by atoms with E-state index in [4.69, 9.17) is 16.3 Å². The summed E-state index contributed by atoms with van der Waals surface area (Å²) < 4.78 is 5.37. The van der Waals surface area contributed by atoms with Crippen LogP contribution in [0.25, 0.3) is 11.3 Å². The molecule has 0 radical (unpaired) electrons. The van der Waals surface area contributed by atoms with Crippen LogP contribution in [0.3, 0.4) is 0 Å². The number of halogens is 1. The number of hydrogen-bond acceptors (Lipinski definition) is 3. The fourth-order valence-corrected chi connectivity index (χ4v) is 1.92. The molecule has 0 fully saturated rings. The molecule has 0 unspecified atom stereocenters. The molecule has 0 aliphatic carbocycles. The largest absolute Gasteiger partial charge is 0.496 e. The predicted molar refractivity (Wildman–Crippen MR) is 73.1 cm³/mol. The van der Waals surface area contributed by atoms with Crippen LogP contribution in [0.15, 0.2) is 30.5 Å². The maximum absolute atomic E-state index is 5.83. The third-order valence-corrected chi connectivity index (χ3v) is 2.97. The van der Waals surface area contributed by atoms with Crippen LogP contribution in [0.2, 0.25) is 5.28 Å². The molecule has 0 atom stereocenters. The summed E-state index contributed by atoms with van der Waals surface area (Å²) in [5.74, 6) is 1.24. The van der Waals surface area contributed by atoms with Crippen molar-refractivity contribution >= 4 is 11.6 Å². The molecule has 4 heteroatoms. The molecule has 0 aliphatic rings. The molecule has 2 aromatic rings. The molecule has 0 spiro atoms. The van der Waals surface area contributed by atoms with Crippen molar-refractivity contribution in [1.29, 1.82) is 0 Å². The van der Waals surface area contributed by atoms with E-state index in [1.807, 2.05) is 12.1 Å². The maximum Gasteiger partial charge on any atom is 0.222 e. The molecule has 0 amide bonds. The van der Waals surface area contributed by atoms with Crippen LogP contribution >= 0.6 is 11.6 Å². The average Bonchev–Trinajstić information content (AvgIpc) is 2.38. The molecule has 0 bridgehead atoms. The second-order valence-electron chi connectivity index (χ2n) is 4.33. The Morgan fingerprint density at radius 1 is 1.22 bits per heavy atom. The molecule has 0 N–H and O–H groups in total. The van der Waals surface area contributed by atoms with E-state index in [0.29, 0.717) is 5.92 Å². The summed E-state index contributed by atoms with van der Waals surface area (Å²) in [6.45, 7) is 4.30. The molecule has 1 aromatic carbocycles. The first-order chi connectivity index (χ1) is 8.61. The molecule has 0 saturated heterocycles. The van der Waals surface area contributed by atoms with Crippen molar-refractivity contribution in [3.63, 3.8) is 0 Å². The predicted octanol–water partition coefficient (Wildman–Crippen LogP) is 3.93. The van der Waals surface area contributed by atoms with Crippen LogP contribution in [0.5, 0.6) is 5.75 Å². The van der Waals surface area contributed by atoms with E-state index in [1.165, 1.54) is 5.56 Å². The lowest BCUT2D eigenvalue weighted by Gasteiger charge is -2.12. The van der Waals surface area contributed by atoms with E-state index >= 15 is 0 Å². The van der Waals surface area contributed by atoms with Crippen LogP contribution in [0.4, 0.5) is 0 Å². The standard InChI is InChI=1S/C14H15ClN2O/c1-9(2)10-4-5-13(18-3)11(8-10)12-6-7-16-14(15)17-12/h4-9H,1-3H3. The monoisotopic (exact) mass is 262 g/mol. The highest BCUT2D eigenvalue weighted by Gasteiger charge is 2.10. The van der Waals surface area contributed by atoms with E-state index < -0.39 is 0 Å². The number of aromatic nitrogens is 2. The van der Waals surface area contributed by atoms with E-state index in [9.17, 15) is 0 Å². The molecular weight excluding hydrogens is 248 g/mol. The molecule has 1 aromatic heterocycles. The van der Waals surface area contributed by atoms with Crippen molar-refractivity contribution < 1.29 is 4.74 Å². The maximum atomic E-state index is 5.83. The van der Waals surface area contributed by atoms with Gasteiger partial charge in [0.05, 0.1) is 12.8 Å². The van der Waals surface area contributed by atoms with Gasteiger partial charge in [-0.25, -0.2) is 9.97 Å². The van der Waals surface area contributed by atoms with E-state index in [-0.39, 0.29) is 5.28 Å². The highest BCUT2D eigenvalue weighted by molar-refractivity contribution is 6.28. The zero-order chi connectivity index (χ0) is 13.1. The quantitative estimate of drug-likeness (QED) is 0.786. The van der Waals surface area contributed by atoms with Gasteiger partial charge in [-0.3, -0.25) is 0 Å². The minimum Gasteiger partial charge on any atom is -0.496 e. The smallest absolute Gasteiger partial charge is 0.222 e. The summed E-state index contributed by atoms with van der Waals surface area (Å²) >= 11 is 5.83. The Hall–Kier alpha value is -1.61. The summed E-state index contributed by atoms with van der Waals surface area (Å²) in [5.41, 5.74) is 2.95. The van der Waals surface area contributed by atoms with Crippen LogP contribution in [-0.2, 0) is 0 Å². The van der Waals surface area contributed by atoms with Crippen LogP contribution in [-0.4, -0.2) is 17.1 Å². The van der Waals surface area contributed by atoms with Gasteiger partial charge in [-0.15, -0.1) is 0 Å². The van der Waals surface area contributed by atoms with E-state index in [1.54, 1.807) is 13.3 Å². The van der Waals surface area contributed by atoms with Gasteiger partial charge in [0.2, 0.25) is 5.28 Å². The fraction of sp³-hybridized carbons (Fsp3) is 0.286. The van der Waals surface area contributed by atoms with Gasteiger partial charge in [0.1, 0.15) is 5.75 Å². The molecule has 0 saturated carbocycles. The Balaban J connectivity index is 2.56. The van der Waals surface area contributed by atoms with Crippen molar-refractivity contribution in [1.82, 2.24) is 9.97 Å². The molecule has 2 rings (SSSR count). The lowest BCUT2D eigenvalue weighted by atomic mass is 9.99. The van der Waals surface area contributed by atoms with Crippen LogP contribution in [0, 0.1) is 0 Å². The van der Waals surface area contributed by atoms with Crippen LogP contribution < -0.4 is 4.74 Å². The van der Waals surface area contributed by atoms with Gasteiger partial charge < -0.3 is 4.74 Å². The first-order valence-electron chi connectivity index (χ1n) is 5.78.